The van der Waals surface area contributed by atoms with E-state index >= 15 is 0 Å². The van der Waals surface area contributed by atoms with E-state index in [-0.39, 0.29) is 31.0 Å². The molecular weight excluding hydrogens is 439 g/mol. The summed E-state index contributed by atoms with van der Waals surface area (Å²) in [6, 6.07) is 11.4. The van der Waals surface area contributed by atoms with Crippen molar-refractivity contribution in [3.05, 3.63) is 58.1 Å². The summed E-state index contributed by atoms with van der Waals surface area (Å²) < 4.78 is 10.9. The van der Waals surface area contributed by atoms with Crippen LogP contribution in [-0.4, -0.2) is 42.5 Å². The van der Waals surface area contributed by atoms with Crippen molar-refractivity contribution in [1.29, 1.82) is 0 Å². The third-order valence-corrected chi connectivity index (χ3v) is 5.53. The molecule has 0 radical (unpaired) electrons. The quantitative estimate of drug-likeness (QED) is 0.550. The van der Waals surface area contributed by atoms with E-state index in [1.54, 1.807) is 43.3 Å². The van der Waals surface area contributed by atoms with E-state index in [9.17, 15) is 9.59 Å². The number of benzene rings is 2. The molecule has 0 heterocycles. The van der Waals surface area contributed by atoms with E-state index in [0.29, 0.717) is 27.1 Å². The van der Waals surface area contributed by atoms with E-state index in [4.69, 9.17) is 32.7 Å². The molecule has 2 rings (SSSR count). The van der Waals surface area contributed by atoms with Crippen molar-refractivity contribution in [3.8, 4) is 11.5 Å². The number of halogens is 2. The number of carbonyl (C=O) groups is 2. The first-order chi connectivity index (χ1) is 14.8. The molecule has 0 spiro atoms. The molecule has 0 aromatic heterocycles. The molecule has 2 amide bonds. The van der Waals surface area contributed by atoms with Crippen molar-refractivity contribution >= 4 is 35.0 Å². The van der Waals surface area contributed by atoms with Gasteiger partial charge in [0.1, 0.15) is 6.04 Å². The number of para-hydroxylation sites is 2. The molecule has 0 bridgehead atoms. The molecule has 0 aliphatic heterocycles. The molecule has 0 aliphatic carbocycles. The average molecular weight is 467 g/mol. The number of carbonyl (C=O) groups excluding carboxylic acids is 2. The maximum atomic E-state index is 13.1. The Hall–Kier alpha value is -2.44. The van der Waals surface area contributed by atoms with Crippen LogP contribution in [0.25, 0.3) is 0 Å². The van der Waals surface area contributed by atoms with Gasteiger partial charge >= 0.3 is 0 Å². The van der Waals surface area contributed by atoms with Gasteiger partial charge in [0.05, 0.1) is 7.11 Å². The Labute approximate surface area is 193 Å². The zero-order chi connectivity index (χ0) is 23.0. The maximum absolute atomic E-state index is 13.1. The van der Waals surface area contributed by atoms with Crippen LogP contribution in [0, 0.1) is 0 Å². The fourth-order valence-corrected chi connectivity index (χ4v) is 3.31. The lowest BCUT2D eigenvalue weighted by molar-refractivity contribution is -0.142. The van der Waals surface area contributed by atoms with Crippen LogP contribution in [0.15, 0.2) is 42.5 Å². The first kappa shape index (κ1) is 24.8. The summed E-state index contributed by atoms with van der Waals surface area (Å²) in [5.74, 6) is 0.360. The van der Waals surface area contributed by atoms with E-state index in [0.717, 1.165) is 6.42 Å². The maximum Gasteiger partial charge on any atom is 0.261 e. The Kier molecular flexibility index (Phi) is 9.46. The number of rotatable bonds is 10. The minimum atomic E-state index is -0.727. The fourth-order valence-electron chi connectivity index (χ4n) is 2.84. The summed E-state index contributed by atoms with van der Waals surface area (Å²) in [5.41, 5.74) is 0.680. The van der Waals surface area contributed by atoms with E-state index in [2.05, 4.69) is 5.32 Å². The van der Waals surface area contributed by atoms with Crippen molar-refractivity contribution in [1.82, 2.24) is 10.2 Å². The van der Waals surface area contributed by atoms with Gasteiger partial charge in [-0.25, -0.2) is 0 Å². The molecule has 0 fully saturated rings. The van der Waals surface area contributed by atoms with Crippen molar-refractivity contribution in [3.63, 3.8) is 0 Å². The molecule has 8 heteroatoms. The molecule has 6 nitrogen and oxygen atoms in total. The number of ether oxygens (including phenoxy) is 2. The first-order valence-corrected chi connectivity index (χ1v) is 10.8. The van der Waals surface area contributed by atoms with E-state index in [1.807, 2.05) is 19.9 Å². The van der Waals surface area contributed by atoms with Gasteiger partial charge in [0.2, 0.25) is 5.91 Å². The van der Waals surface area contributed by atoms with Gasteiger partial charge < -0.3 is 19.7 Å². The summed E-state index contributed by atoms with van der Waals surface area (Å²) in [6.07, 6.45) is 0.784. The molecule has 0 saturated carbocycles. The number of hydrogen-bond acceptors (Lipinski definition) is 4. The lowest BCUT2D eigenvalue weighted by atomic mass is 10.1. The molecule has 0 aliphatic rings. The van der Waals surface area contributed by atoms with Gasteiger partial charge in [0, 0.05) is 22.6 Å². The van der Waals surface area contributed by atoms with Crippen molar-refractivity contribution in [2.75, 3.05) is 13.7 Å². The second-order valence-electron chi connectivity index (χ2n) is 7.19. The Morgan fingerprint density at radius 2 is 1.77 bits per heavy atom. The minimum absolute atomic E-state index is 0.00384. The zero-order valence-corrected chi connectivity index (χ0v) is 19.7. The number of amides is 2. The second kappa shape index (κ2) is 11.8. The monoisotopic (exact) mass is 466 g/mol. The Morgan fingerprint density at radius 3 is 2.39 bits per heavy atom. The highest BCUT2D eigenvalue weighted by atomic mass is 35.5. The normalized spacial score (nSPS) is 12.6. The number of nitrogens with one attached hydrogen (secondary N) is 1. The van der Waals surface area contributed by atoms with Crippen LogP contribution in [0.2, 0.25) is 10.0 Å². The summed E-state index contributed by atoms with van der Waals surface area (Å²) in [5, 5.41) is 3.83. The third kappa shape index (κ3) is 7.04. The van der Waals surface area contributed by atoms with E-state index < -0.39 is 6.04 Å². The smallest absolute Gasteiger partial charge is 0.261 e. The van der Waals surface area contributed by atoms with Crippen LogP contribution in [0.3, 0.4) is 0 Å². The number of nitrogens with zero attached hydrogens (tertiary/aromatic N) is 1. The van der Waals surface area contributed by atoms with Gasteiger partial charge in [-0.2, -0.15) is 0 Å². The summed E-state index contributed by atoms with van der Waals surface area (Å²) in [7, 11) is 1.53. The van der Waals surface area contributed by atoms with Crippen molar-refractivity contribution < 1.29 is 19.1 Å². The second-order valence-corrected chi connectivity index (χ2v) is 8.03. The summed E-state index contributed by atoms with van der Waals surface area (Å²) in [6.45, 7) is 5.46. The molecule has 1 N–H and O–H groups in total. The molecule has 168 valence electrons. The molecule has 0 unspecified atom stereocenters. The van der Waals surface area contributed by atoms with E-state index in [1.165, 1.54) is 12.0 Å². The predicted molar refractivity (Wildman–Crippen MR) is 123 cm³/mol. The Morgan fingerprint density at radius 1 is 1.10 bits per heavy atom. The van der Waals surface area contributed by atoms with Crippen LogP contribution < -0.4 is 14.8 Å². The lowest BCUT2D eigenvalue weighted by Gasteiger charge is -2.30. The van der Waals surface area contributed by atoms with Gasteiger partial charge in [-0.1, -0.05) is 48.3 Å². The Bertz CT molecular complexity index is 907. The Balaban J connectivity index is 2.22. The molecule has 2 aromatic rings. The summed E-state index contributed by atoms with van der Waals surface area (Å²) >= 11 is 12.3. The number of methoxy groups -OCH3 is 1. The van der Waals surface area contributed by atoms with Crippen LogP contribution in [0.1, 0.15) is 32.8 Å². The molecule has 2 aromatic carbocycles. The van der Waals surface area contributed by atoms with Crippen LogP contribution in [-0.2, 0) is 16.1 Å². The fraction of sp³-hybridized carbons (Fsp3) is 0.391. The highest BCUT2D eigenvalue weighted by Gasteiger charge is 2.28. The minimum Gasteiger partial charge on any atom is -0.493 e. The third-order valence-electron chi connectivity index (χ3n) is 4.94. The molecule has 2 atom stereocenters. The van der Waals surface area contributed by atoms with Gasteiger partial charge in [0.15, 0.2) is 18.1 Å². The predicted octanol–water partition coefficient (Wildman–Crippen LogP) is 4.71. The zero-order valence-electron chi connectivity index (χ0n) is 18.2. The van der Waals surface area contributed by atoms with Gasteiger partial charge in [0.25, 0.3) is 5.91 Å². The van der Waals surface area contributed by atoms with Crippen molar-refractivity contribution in [2.24, 2.45) is 0 Å². The highest BCUT2D eigenvalue weighted by Crippen LogP contribution is 2.26. The SMILES string of the molecule is CC[C@H](C)NC(=O)[C@@H](C)N(Cc1ccc(Cl)cc1Cl)C(=O)COc1ccccc1OC. The van der Waals surface area contributed by atoms with Crippen LogP contribution in [0.5, 0.6) is 11.5 Å². The van der Waals surface area contributed by atoms with Gasteiger partial charge in [-0.3, -0.25) is 9.59 Å². The van der Waals surface area contributed by atoms with Gasteiger partial charge in [-0.15, -0.1) is 0 Å². The molecular formula is C23H28Cl2N2O4. The lowest BCUT2D eigenvalue weighted by Crippen LogP contribution is -2.50. The van der Waals surface area contributed by atoms with Crippen LogP contribution in [0.4, 0.5) is 0 Å². The largest absolute Gasteiger partial charge is 0.493 e. The topological polar surface area (TPSA) is 67.9 Å². The molecule has 0 saturated heterocycles. The number of hydrogen-bond donors (Lipinski definition) is 1. The van der Waals surface area contributed by atoms with Crippen molar-refractivity contribution in [2.45, 2.75) is 45.8 Å². The molecule has 31 heavy (non-hydrogen) atoms. The average Bonchev–Trinajstić information content (AvgIpc) is 2.76. The van der Waals surface area contributed by atoms with Gasteiger partial charge in [-0.05, 0) is 50.1 Å². The highest BCUT2D eigenvalue weighted by molar-refractivity contribution is 6.35. The summed E-state index contributed by atoms with van der Waals surface area (Å²) in [4.78, 5) is 27.3. The first-order valence-electron chi connectivity index (χ1n) is 10.1. The van der Waals surface area contributed by atoms with Crippen LogP contribution >= 0.6 is 23.2 Å². The standard InChI is InChI=1S/C23H28Cl2N2O4/c1-5-15(2)26-23(29)16(3)27(13-17-10-11-18(24)12-19(17)25)22(28)14-31-21-9-7-6-8-20(21)30-4/h6-12,15-16H,5,13-14H2,1-4H3,(H,26,29)/t15-,16+/m0/s1.